The molecule has 35 heavy (non-hydrogen) atoms. The smallest absolute Gasteiger partial charge is 0.260 e. The summed E-state index contributed by atoms with van der Waals surface area (Å²) in [6.45, 7) is 0. The molecule has 2 aromatic carbocycles. The number of aromatic nitrogens is 2. The summed E-state index contributed by atoms with van der Waals surface area (Å²) in [5.41, 5.74) is 1.74. The fraction of sp³-hybridized carbons (Fsp3) is 0. The lowest BCUT2D eigenvalue weighted by atomic mass is 10.0. The van der Waals surface area contributed by atoms with Gasteiger partial charge in [0.2, 0.25) is 10.0 Å². The number of hydrogen-bond donors (Lipinski definition) is 3. The van der Waals surface area contributed by atoms with E-state index in [1.54, 1.807) is 60.8 Å². The topological polar surface area (TPSA) is 144 Å². The number of hydrogen-bond acceptors (Lipinski definition) is 6. The molecule has 0 unspecified atom stereocenters. The molecule has 0 aliphatic heterocycles. The predicted molar refractivity (Wildman–Crippen MR) is 135 cm³/mol. The van der Waals surface area contributed by atoms with Crippen LogP contribution in [0.2, 0.25) is 0 Å². The van der Waals surface area contributed by atoms with E-state index >= 15 is 0 Å². The lowest BCUT2D eigenvalue weighted by molar-refractivity contribution is 0.102. The first-order chi connectivity index (χ1) is 16.7. The van der Waals surface area contributed by atoms with Crippen LogP contribution >= 0.6 is 15.9 Å². The third-order valence-corrected chi connectivity index (χ3v) is 6.37. The summed E-state index contributed by atoms with van der Waals surface area (Å²) in [5, 5.41) is 10.7. The van der Waals surface area contributed by atoms with E-state index in [2.05, 4.69) is 36.5 Å². The molecule has 11 heteroatoms. The molecule has 4 aromatic rings. The maximum atomic E-state index is 12.9. The molecule has 9 nitrogen and oxygen atoms in total. The normalized spacial score (nSPS) is 11.0. The molecule has 2 aromatic heterocycles. The summed E-state index contributed by atoms with van der Waals surface area (Å²) >= 11 is 3.28. The second-order valence-electron chi connectivity index (χ2n) is 7.31. The highest BCUT2D eigenvalue weighted by Gasteiger charge is 2.17. The van der Waals surface area contributed by atoms with Crippen LogP contribution in [0.25, 0.3) is 11.1 Å². The minimum absolute atomic E-state index is 0.00935. The summed E-state index contributed by atoms with van der Waals surface area (Å²) < 4.78 is 24.6. The molecule has 0 saturated heterocycles. The van der Waals surface area contributed by atoms with Crippen LogP contribution in [0.4, 0.5) is 11.5 Å². The molecule has 2 heterocycles. The first-order valence-electron chi connectivity index (χ1n) is 10.1. The van der Waals surface area contributed by atoms with Gasteiger partial charge in [0, 0.05) is 34.2 Å². The molecule has 0 spiro atoms. The van der Waals surface area contributed by atoms with Gasteiger partial charge in [-0.3, -0.25) is 14.6 Å². The summed E-state index contributed by atoms with van der Waals surface area (Å²) in [5.74, 6) is -0.605. The Hall–Kier alpha value is -3.93. The van der Waals surface area contributed by atoms with Crippen LogP contribution in [0.1, 0.15) is 20.7 Å². The fourth-order valence-corrected chi connectivity index (χ4v) is 4.26. The molecule has 0 bridgehead atoms. The minimum Gasteiger partial charge on any atom is -0.321 e. The zero-order valence-corrected chi connectivity index (χ0v) is 20.4. The first-order valence-corrected chi connectivity index (χ1v) is 12.5. The Bertz CT molecular complexity index is 1510. The number of nitrogens with two attached hydrogens (primary N) is 1. The zero-order chi connectivity index (χ0) is 25.0. The maximum Gasteiger partial charge on any atom is 0.260 e. The SMILES string of the molecule is NS(=O)(=O)c1ccccc1-c1ccc(C(=O)Nc2ccncc2C(=O)Nc2ccc(Br)cn2)cc1. The van der Waals surface area contributed by atoms with Crippen LogP contribution in [0, 0.1) is 0 Å². The van der Waals surface area contributed by atoms with Crippen LogP contribution in [-0.2, 0) is 10.0 Å². The standard InChI is InChI=1S/C24H18BrN5O4S/c25-17-9-10-22(28-13-17)30-24(32)19-14-27-12-11-20(19)29-23(31)16-7-5-15(6-8-16)18-3-1-2-4-21(18)35(26,33)34/h1-14H,(H2,26,33,34)(H,27,29,31)(H,28,30,32). The average molecular weight is 552 g/mol. The molecule has 2 amide bonds. The van der Waals surface area contributed by atoms with Gasteiger partial charge in [0.05, 0.1) is 16.1 Å². The van der Waals surface area contributed by atoms with Crippen molar-refractivity contribution in [1.29, 1.82) is 0 Å². The van der Waals surface area contributed by atoms with Gasteiger partial charge < -0.3 is 10.6 Å². The van der Waals surface area contributed by atoms with Crippen LogP contribution in [0.3, 0.4) is 0 Å². The van der Waals surface area contributed by atoms with Gasteiger partial charge in [-0.25, -0.2) is 18.5 Å². The lowest BCUT2D eigenvalue weighted by Gasteiger charge is -2.12. The van der Waals surface area contributed by atoms with E-state index < -0.39 is 21.8 Å². The highest BCUT2D eigenvalue weighted by atomic mass is 79.9. The first kappa shape index (κ1) is 24.2. The fourth-order valence-electron chi connectivity index (χ4n) is 3.27. The summed E-state index contributed by atoms with van der Waals surface area (Å²) in [6, 6.07) is 17.6. The second kappa shape index (κ2) is 10.1. The third kappa shape index (κ3) is 5.77. The molecule has 4 rings (SSSR count). The summed E-state index contributed by atoms with van der Waals surface area (Å²) in [6.07, 6.45) is 4.35. The molecule has 0 aliphatic rings. The highest BCUT2D eigenvalue weighted by molar-refractivity contribution is 9.10. The number of rotatable bonds is 6. The van der Waals surface area contributed by atoms with Gasteiger partial charge in [0.1, 0.15) is 5.82 Å². The van der Waals surface area contributed by atoms with E-state index in [4.69, 9.17) is 5.14 Å². The minimum atomic E-state index is -3.92. The number of sulfonamides is 1. The van der Waals surface area contributed by atoms with E-state index in [0.717, 1.165) is 4.47 Å². The van der Waals surface area contributed by atoms with Gasteiger partial charge in [-0.2, -0.15) is 0 Å². The van der Waals surface area contributed by atoms with Crippen LogP contribution < -0.4 is 15.8 Å². The quantitative estimate of drug-likeness (QED) is 0.329. The third-order valence-electron chi connectivity index (χ3n) is 4.93. The summed E-state index contributed by atoms with van der Waals surface area (Å²) in [7, 11) is -3.92. The number of anilines is 2. The van der Waals surface area contributed by atoms with Crippen molar-refractivity contribution in [3.05, 3.63) is 101 Å². The van der Waals surface area contributed by atoms with Crippen molar-refractivity contribution in [2.24, 2.45) is 5.14 Å². The molecular formula is C24H18BrN5O4S. The Morgan fingerprint density at radius 1 is 0.857 bits per heavy atom. The van der Waals surface area contributed by atoms with Gasteiger partial charge in [-0.15, -0.1) is 0 Å². The Morgan fingerprint density at radius 2 is 1.60 bits per heavy atom. The Morgan fingerprint density at radius 3 is 2.29 bits per heavy atom. The second-order valence-corrected chi connectivity index (χ2v) is 9.76. The lowest BCUT2D eigenvalue weighted by Crippen LogP contribution is -2.19. The van der Waals surface area contributed by atoms with E-state index in [0.29, 0.717) is 22.5 Å². The van der Waals surface area contributed by atoms with Crippen molar-refractivity contribution in [2.45, 2.75) is 4.90 Å². The number of nitrogens with zero attached hydrogens (tertiary/aromatic N) is 2. The molecular weight excluding hydrogens is 534 g/mol. The van der Waals surface area contributed by atoms with Gasteiger partial charge >= 0.3 is 0 Å². The monoisotopic (exact) mass is 551 g/mol. The van der Waals surface area contributed by atoms with Gasteiger partial charge in [-0.05, 0) is 57.9 Å². The van der Waals surface area contributed by atoms with E-state index in [9.17, 15) is 18.0 Å². The number of benzene rings is 2. The molecule has 0 aliphatic carbocycles. The highest BCUT2D eigenvalue weighted by Crippen LogP contribution is 2.27. The molecule has 0 radical (unpaired) electrons. The number of primary sulfonamides is 1. The van der Waals surface area contributed by atoms with E-state index in [1.165, 1.54) is 24.5 Å². The summed E-state index contributed by atoms with van der Waals surface area (Å²) in [4.78, 5) is 33.7. The van der Waals surface area contributed by atoms with Crippen LogP contribution in [0.5, 0.6) is 0 Å². The number of halogens is 1. The van der Waals surface area contributed by atoms with Crippen molar-refractivity contribution in [3.63, 3.8) is 0 Å². The van der Waals surface area contributed by atoms with E-state index in [1.807, 2.05) is 0 Å². The van der Waals surface area contributed by atoms with Crippen molar-refractivity contribution >= 4 is 49.3 Å². The van der Waals surface area contributed by atoms with Crippen molar-refractivity contribution < 1.29 is 18.0 Å². The molecule has 176 valence electrons. The zero-order valence-electron chi connectivity index (χ0n) is 18.0. The van der Waals surface area contributed by atoms with Crippen molar-refractivity contribution in [2.75, 3.05) is 10.6 Å². The van der Waals surface area contributed by atoms with Gasteiger partial charge in [0.25, 0.3) is 11.8 Å². The molecule has 0 atom stereocenters. The predicted octanol–water partition coefficient (Wildman–Crippen LogP) is 4.06. The number of amides is 2. The molecule has 0 saturated carbocycles. The van der Waals surface area contributed by atoms with Gasteiger partial charge in [-0.1, -0.05) is 30.3 Å². The van der Waals surface area contributed by atoms with Crippen LogP contribution in [-0.4, -0.2) is 30.2 Å². The largest absolute Gasteiger partial charge is 0.321 e. The number of carbonyl (C=O) groups excluding carboxylic acids is 2. The van der Waals surface area contributed by atoms with Crippen LogP contribution in [0.15, 0.2) is 94.7 Å². The van der Waals surface area contributed by atoms with E-state index in [-0.39, 0.29) is 16.1 Å². The average Bonchev–Trinajstić information content (AvgIpc) is 2.85. The number of carbonyl (C=O) groups is 2. The Kier molecular flexibility index (Phi) is 7.01. The molecule has 4 N–H and O–H groups in total. The maximum absolute atomic E-state index is 12.9. The number of nitrogens with one attached hydrogen (secondary N) is 2. The Balaban J connectivity index is 1.53. The number of pyridine rings is 2. The Labute approximate surface area is 209 Å². The van der Waals surface area contributed by atoms with Crippen molar-refractivity contribution in [3.8, 4) is 11.1 Å². The van der Waals surface area contributed by atoms with Crippen molar-refractivity contribution in [1.82, 2.24) is 9.97 Å². The van der Waals surface area contributed by atoms with Gasteiger partial charge in [0.15, 0.2) is 0 Å². The molecule has 0 fully saturated rings.